The number of aliphatic imine (C=N–C) groups is 1. The average Bonchev–Trinajstić information content (AvgIpc) is 2.61. The zero-order valence-corrected chi connectivity index (χ0v) is 15.3. The van der Waals surface area contributed by atoms with Crippen molar-refractivity contribution in [3.05, 3.63) is 65.7 Å². The zero-order valence-electron chi connectivity index (χ0n) is 14.4. The Morgan fingerprint density at radius 1 is 1.12 bits per heavy atom. The second-order valence-electron chi connectivity index (χ2n) is 5.58. The molecule has 6 heteroatoms. The van der Waals surface area contributed by atoms with Crippen LogP contribution in [0.15, 0.2) is 59.6 Å². The third-order valence-corrected chi connectivity index (χ3v) is 4.87. The van der Waals surface area contributed by atoms with Crippen LogP contribution in [0.1, 0.15) is 29.8 Å². The molecule has 4 N–H and O–H groups in total. The quantitative estimate of drug-likeness (QED) is 0.430. The van der Waals surface area contributed by atoms with Gasteiger partial charge in [0.25, 0.3) is 0 Å². The summed E-state index contributed by atoms with van der Waals surface area (Å²) in [6.07, 6.45) is 0. The standard InChI is InChI=1S/C19H23N3O2S/c1-3-24-16-11-9-15(10-12-16)17(23)19(2,22-18(20)21)25-13-14-7-5-4-6-8-14/h4-12H,3,13H2,1-2H3,(H4,20,21,22). The van der Waals surface area contributed by atoms with Crippen molar-refractivity contribution in [1.29, 1.82) is 0 Å². The molecule has 2 rings (SSSR count). The Morgan fingerprint density at radius 3 is 2.32 bits per heavy atom. The average molecular weight is 357 g/mol. The van der Waals surface area contributed by atoms with Crippen LogP contribution in [-0.2, 0) is 5.75 Å². The van der Waals surface area contributed by atoms with Crippen LogP contribution in [0.25, 0.3) is 0 Å². The summed E-state index contributed by atoms with van der Waals surface area (Å²) in [5.74, 6) is 1.09. The number of guanidine groups is 1. The third-order valence-electron chi connectivity index (χ3n) is 3.55. The molecule has 0 fully saturated rings. The molecule has 0 amide bonds. The summed E-state index contributed by atoms with van der Waals surface area (Å²) >= 11 is 1.39. The molecule has 2 aromatic rings. The van der Waals surface area contributed by atoms with Crippen molar-refractivity contribution in [2.45, 2.75) is 24.5 Å². The van der Waals surface area contributed by atoms with Crippen LogP contribution in [0.5, 0.6) is 5.75 Å². The molecule has 1 atom stereocenters. The van der Waals surface area contributed by atoms with E-state index in [2.05, 4.69) is 4.99 Å². The SMILES string of the molecule is CCOc1ccc(C(=O)C(C)(N=C(N)N)SCc2ccccc2)cc1. The molecule has 25 heavy (non-hydrogen) atoms. The Kier molecular flexibility index (Phi) is 6.47. The number of rotatable bonds is 8. The third kappa shape index (κ3) is 5.26. The van der Waals surface area contributed by atoms with E-state index in [0.717, 1.165) is 11.3 Å². The Labute approximate surface area is 152 Å². The molecule has 5 nitrogen and oxygen atoms in total. The fourth-order valence-corrected chi connectivity index (χ4v) is 3.39. The van der Waals surface area contributed by atoms with Crippen molar-refractivity contribution in [2.75, 3.05) is 6.61 Å². The first-order valence-corrected chi connectivity index (χ1v) is 8.99. The van der Waals surface area contributed by atoms with Gasteiger partial charge in [0, 0.05) is 11.3 Å². The van der Waals surface area contributed by atoms with Gasteiger partial charge in [0.05, 0.1) is 6.61 Å². The molecule has 0 aromatic heterocycles. The number of carbonyl (C=O) groups is 1. The fraction of sp³-hybridized carbons (Fsp3) is 0.263. The maximum Gasteiger partial charge on any atom is 0.200 e. The molecule has 0 aliphatic rings. The Morgan fingerprint density at radius 2 is 1.76 bits per heavy atom. The van der Waals surface area contributed by atoms with E-state index in [1.165, 1.54) is 11.8 Å². The number of hydrogen-bond donors (Lipinski definition) is 2. The van der Waals surface area contributed by atoms with E-state index in [0.29, 0.717) is 17.9 Å². The smallest absolute Gasteiger partial charge is 0.200 e. The second-order valence-corrected chi connectivity index (χ2v) is 6.95. The molecule has 0 radical (unpaired) electrons. The molecule has 0 saturated heterocycles. The van der Waals surface area contributed by atoms with Crippen LogP contribution in [-0.4, -0.2) is 23.2 Å². The van der Waals surface area contributed by atoms with Crippen molar-refractivity contribution in [3.63, 3.8) is 0 Å². The van der Waals surface area contributed by atoms with Gasteiger partial charge in [-0.15, -0.1) is 11.8 Å². The minimum absolute atomic E-state index is 0.109. The molecular weight excluding hydrogens is 334 g/mol. The lowest BCUT2D eigenvalue weighted by Crippen LogP contribution is -2.35. The summed E-state index contributed by atoms with van der Waals surface area (Å²) < 4.78 is 5.41. The van der Waals surface area contributed by atoms with Gasteiger partial charge in [0.2, 0.25) is 0 Å². The molecule has 0 bridgehead atoms. The van der Waals surface area contributed by atoms with Crippen molar-refractivity contribution in [3.8, 4) is 5.75 Å². The Hall–Kier alpha value is -2.47. The van der Waals surface area contributed by atoms with Gasteiger partial charge in [-0.3, -0.25) is 4.79 Å². The lowest BCUT2D eigenvalue weighted by Gasteiger charge is -2.23. The van der Waals surface area contributed by atoms with Gasteiger partial charge >= 0.3 is 0 Å². The molecule has 0 heterocycles. The Balaban J connectivity index is 2.22. The number of nitrogens with zero attached hydrogens (tertiary/aromatic N) is 1. The summed E-state index contributed by atoms with van der Waals surface area (Å²) in [6.45, 7) is 4.22. The number of ketones is 1. The monoisotopic (exact) mass is 357 g/mol. The fourth-order valence-electron chi connectivity index (χ4n) is 2.33. The molecular formula is C19H23N3O2S. The van der Waals surface area contributed by atoms with E-state index >= 15 is 0 Å². The van der Waals surface area contributed by atoms with E-state index in [1.807, 2.05) is 37.3 Å². The lowest BCUT2D eigenvalue weighted by atomic mass is 10.1. The number of thioether (sulfide) groups is 1. The van der Waals surface area contributed by atoms with Crippen molar-refractivity contribution in [1.82, 2.24) is 0 Å². The first-order valence-electron chi connectivity index (χ1n) is 8.01. The van der Waals surface area contributed by atoms with Gasteiger partial charge in [-0.25, -0.2) is 4.99 Å². The van der Waals surface area contributed by atoms with Crippen molar-refractivity contribution in [2.24, 2.45) is 16.5 Å². The van der Waals surface area contributed by atoms with Crippen LogP contribution in [0.2, 0.25) is 0 Å². The number of carbonyl (C=O) groups excluding carboxylic acids is 1. The summed E-state index contributed by atoms with van der Waals surface area (Å²) in [6, 6.07) is 16.9. The van der Waals surface area contributed by atoms with Crippen LogP contribution in [0, 0.1) is 0 Å². The molecule has 2 aromatic carbocycles. The summed E-state index contributed by atoms with van der Waals surface area (Å²) in [7, 11) is 0. The van der Waals surface area contributed by atoms with Crippen LogP contribution < -0.4 is 16.2 Å². The van der Waals surface area contributed by atoms with Crippen LogP contribution >= 0.6 is 11.8 Å². The number of hydrogen-bond acceptors (Lipinski definition) is 4. The topological polar surface area (TPSA) is 90.7 Å². The van der Waals surface area contributed by atoms with Gasteiger partial charge in [0.1, 0.15) is 5.75 Å². The molecule has 0 aliphatic heterocycles. The van der Waals surface area contributed by atoms with Gasteiger partial charge < -0.3 is 16.2 Å². The van der Waals surface area contributed by atoms with Crippen LogP contribution in [0.3, 0.4) is 0 Å². The van der Waals surface area contributed by atoms with E-state index in [1.54, 1.807) is 31.2 Å². The minimum atomic E-state index is -1.10. The van der Waals surface area contributed by atoms with Crippen molar-refractivity contribution >= 4 is 23.5 Å². The molecule has 0 aliphatic carbocycles. The first kappa shape index (κ1) is 18.9. The highest BCUT2D eigenvalue weighted by molar-refractivity contribution is 8.00. The maximum atomic E-state index is 13.0. The van der Waals surface area contributed by atoms with Gasteiger partial charge in [0.15, 0.2) is 16.6 Å². The largest absolute Gasteiger partial charge is 0.494 e. The van der Waals surface area contributed by atoms with Gasteiger partial charge in [-0.2, -0.15) is 0 Å². The van der Waals surface area contributed by atoms with Crippen molar-refractivity contribution < 1.29 is 9.53 Å². The molecule has 0 saturated carbocycles. The number of nitrogens with two attached hydrogens (primary N) is 2. The molecule has 0 spiro atoms. The van der Waals surface area contributed by atoms with Gasteiger partial charge in [-0.05, 0) is 43.7 Å². The lowest BCUT2D eigenvalue weighted by molar-refractivity contribution is 0.0954. The summed E-state index contributed by atoms with van der Waals surface area (Å²) in [5.41, 5.74) is 12.8. The van der Waals surface area contributed by atoms with Gasteiger partial charge in [-0.1, -0.05) is 30.3 Å². The number of Topliss-reactive ketones (excluding diaryl/α,β-unsaturated/α-hetero) is 1. The molecule has 132 valence electrons. The first-order chi connectivity index (χ1) is 11.9. The van der Waals surface area contributed by atoms with E-state index < -0.39 is 4.87 Å². The van der Waals surface area contributed by atoms with Crippen LogP contribution in [0.4, 0.5) is 0 Å². The minimum Gasteiger partial charge on any atom is -0.494 e. The van der Waals surface area contributed by atoms with E-state index in [4.69, 9.17) is 16.2 Å². The van der Waals surface area contributed by atoms with E-state index in [-0.39, 0.29) is 11.7 Å². The predicted octanol–water partition coefficient (Wildman–Crippen LogP) is 3.19. The maximum absolute atomic E-state index is 13.0. The summed E-state index contributed by atoms with van der Waals surface area (Å²) in [4.78, 5) is 16.1. The molecule has 1 unspecified atom stereocenters. The predicted molar refractivity (Wildman–Crippen MR) is 104 cm³/mol. The Bertz CT molecular complexity index is 728. The summed E-state index contributed by atoms with van der Waals surface area (Å²) in [5, 5.41) is 0. The normalized spacial score (nSPS) is 12.9. The number of benzene rings is 2. The number of ether oxygens (including phenoxy) is 1. The van der Waals surface area contributed by atoms with E-state index in [9.17, 15) is 4.79 Å². The zero-order chi connectivity index (χ0) is 18.3. The highest BCUT2D eigenvalue weighted by Gasteiger charge is 2.34. The highest BCUT2D eigenvalue weighted by Crippen LogP contribution is 2.33. The highest BCUT2D eigenvalue weighted by atomic mass is 32.2. The second kappa shape index (κ2) is 8.58.